The van der Waals surface area contributed by atoms with E-state index in [4.69, 9.17) is 0 Å². The second kappa shape index (κ2) is 11.5. The van der Waals surface area contributed by atoms with Crippen molar-refractivity contribution in [3.05, 3.63) is 80.6 Å². The van der Waals surface area contributed by atoms with Gasteiger partial charge in [0.15, 0.2) is 11.9 Å². The lowest BCUT2D eigenvalue weighted by molar-refractivity contribution is -0.206. The Balaban J connectivity index is 1.51. The molecular formula is C25H20F8N6O3. The van der Waals surface area contributed by atoms with E-state index < -0.39 is 71.0 Å². The molecule has 0 saturated heterocycles. The van der Waals surface area contributed by atoms with Crippen LogP contribution in [0.15, 0.2) is 52.6 Å². The Kier molecular flexibility index (Phi) is 8.34. The van der Waals surface area contributed by atoms with E-state index in [0.717, 1.165) is 16.8 Å². The molecule has 1 aromatic carbocycles. The molecular weight excluding hydrogens is 584 g/mol. The lowest BCUT2D eigenvalue weighted by Gasteiger charge is -2.20. The number of fused-ring (bicyclic) bond motifs is 1. The van der Waals surface area contributed by atoms with E-state index in [1.54, 1.807) is 5.10 Å². The fourth-order valence-corrected chi connectivity index (χ4v) is 4.21. The molecule has 0 unspecified atom stereocenters. The number of aromatic amines is 1. The Hall–Kier alpha value is -4.41. The standard InChI is InChI=1S/C25H20F8N6O3/c1-11(37-18-9-36-38-22(41)19(18)24(28,29)30)4-14(26)10-39-3-2-12-5-16(17(27)6-15(12)23(39)42)21-34-7-13(8-35-21)20(40)25(31,32)33/h2-3,5-9,11,14,20,40H,4,10H2,1H3,(H2,37,38,41)/t11-,14+,20-/m0/s1. The summed E-state index contributed by atoms with van der Waals surface area (Å²) in [5, 5.41) is 16.7. The molecule has 0 spiro atoms. The number of aliphatic hydroxyl groups is 1. The van der Waals surface area contributed by atoms with Gasteiger partial charge in [0.25, 0.3) is 11.1 Å². The predicted octanol–water partition coefficient (Wildman–Crippen LogP) is 4.52. The highest BCUT2D eigenvalue weighted by Crippen LogP contribution is 2.33. The zero-order valence-corrected chi connectivity index (χ0v) is 21.3. The van der Waals surface area contributed by atoms with E-state index in [1.165, 1.54) is 25.3 Å². The van der Waals surface area contributed by atoms with Crippen molar-refractivity contribution in [3.63, 3.8) is 0 Å². The topological polar surface area (TPSA) is 126 Å². The summed E-state index contributed by atoms with van der Waals surface area (Å²) in [6.45, 7) is 0.836. The van der Waals surface area contributed by atoms with Crippen LogP contribution in [0.5, 0.6) is 0 Å². The van der Waals surface area contributed by atoms with Crippen molar-refractivity contribution in [2.24, 2.45) is 0 Å². The number of pyridine rings is 1. The first-order valence-corrected chi connectivity index (χ1v) is 12.0. The fraction of sp³-hybridized carbons (Fsp3) is 0.320. The molecule has 3 N–H and O–H groups in total. The SMILES string of the molecule is C[C@@H](C[C@@H](F)Cn1ccc2cc(-c3ncc([C@H](O)C(F)(F)F)cn3)c(F)cc2c1=O)Nc1cn[nH]c(=O)c1C(F)(F)F. The first-order chi connectivity index (χ1) is 19.6. The minimum absolute atomic E-state index is 0.161. The molecule has 0 aliphatic rings. The van der Waals surface area contributed by atoms with E-state index in [2.05, 4.69) is 20.4 Å². The van der Waals surface area contributed by atoms with Crippen molar-refractivity contribution in [3.8, 4) is 11.4 Å². The van der Waals surface area contributed by atoms with Crippen molar-refractivity contribution in [2.45, 2.75) is 50.6 Å². The van der Waals surface area contributed by atoms with Crippen molar-refractivity contribution in [1.29, 1.82) is 0 Å². The average molecular weight is 604 g/mol. The van der Waals surface area contributed by atoms with E-state index >= 15 is 0 Å². The molecule has 4 aromatic rings. The molecule has 3 aromatic heterocycles. The highest BCUT2D eigenvalue weighted by atomic mass is 19.4. The van der Waals surface area contributed by atoms with Crippen molar-refractivity contribution < 1.29 is 40.2 Å². The van der Waals surface area contributed by atoms with Gasteiger partial charge < -0.3 is 15.0 Å². The van der Waals surface area contributed by atoms with Gasteiger partial charge in [0, 0.05) is 36.6 Å². The monoisotopic (exact) mass is 604 g/mol. The summed E-state index contributed by atoms with van der Waals surface area (Å²) in [7, 11) is 0. The molecule has 3 heterocycles. The molecule has 0 fully saturated rings. The number of nitrogens with one attached hydrogen (secondary N) is 2. The Labute approximate surface area is 229 Å². The van der Waals surface area contributed by atoms with Crippen LogP contribution >= 0.6 is 0 Å². The number of halogens is 8. The number of hydrogen-bond donors (Lipinski definition) is 3. The lowest BCUT2D eigenvalue weighted by Crippen LogP contribution is -2.30. The van der Waals surface area contributed by atoms with Crippen LogP contribution in [0.3, 0.4) is 0 Å². The van der Waals surface area contributed by atoms with Crippen LogP contribution in [-0.2, 0) is 12.7 Å². The minimum atomic E-state index is -4.99. The number of anilines is 1. The average Bonchev–Trinajstić information content (AvgIpc) is 2.88. The van der Waals surface area contributed by atoms with E-state index in [-0.39, 0.29) is 28.6 Å². The molecule has 0 amide bonds. The van der Waals surface area contributed by atoms with Gasteiger partial charge in [-0.25, -0.2) is 23.8 Å². The van der Waals surface area contributed by atoms with Gasteiger partial charge in [-0.05, 0) is 30.5 Å². The molecule has 17 heteroatoms. The van der Waals surface area contributed by atoms with Crippen LogP contribution in [-0.4, -0.2) is 48.2 Å². The summed E-state index contributed by atoms with van der Waals surface area (Å²) < 4.78 is 108. The second-order valence-electron chi connectivity index (χ2n) is 9.34. The van der Waals surface area contributed by atoms with Gasteiger partial charge in [-0.1, -0.05) is 0 Å². The molecule has 42 heavy (non-hydrogen) atoms. The number of benzene rings is 1. The molecule has 224 valence electrons. The summed E-state index contributed by atoms with van der Waals surface area (Å²) in [4.78, 5) is 31.9. The molecule has 0 bridgehead atoms. The third-order valence-electron chi connectivity index (χ3n) is 6.15. The molecule has 0 saturated carbocycles. The predicted molar refractivity (Wildman–Crippen MR) is 133 cm³/mol. The van der Waals surface area contributed by atoms with Crippen LogP contribution < -0.4 is 16.4 Å². The first-order valence-electron chi connectivity index (χ1n) is 12.0. The van der Waals surface area contributed by atoms with Gasteiger partial charge in [-0.15, -0.1) is 0 Å². The molecule has 0 radical (unpaired) electrons. The van der Waals surface area contributed by atoms with Gasteiger partial charge in [0.1, 0.15) is 17.6 Å². The maximum atomic E-state index is 14.9. The highest BCUT2D eigenvalue weighted by molar-refractivity contribution is 5.86. The quantitative estimate of drug-likeness (QED) is 0.253. The summed E-state index contributed by atoms with van der Waals surface area (Å²) >= 11 is 0. The van der Waals surface area contributed by atoms with Gasteiger partial charge in [0.05, 0.1) is 29.4 Å². The van der Waals surface area contributed by atoms with Gasteiger partial charge >= 0.3 is 12.4 Å². The van der Waals surface area contributed by atoms with Crippen LogP contribution in [0, 0.1) is 5.82 Å². The Morgan fingerprint density at radius 3 is 2.36 bits per heavy atom. The third kappa shape index (κ3) is 6.56. The molecule has 9 nitrogen and oxygen atoms in total. The Morgan fingerprint density at radius 1 is 1.07 bits per heavy atom. The van der Waals surface area contributed by atoms with E-state index in [0.29, 0.717) is 12.4 Å². The fourth-order valence-electron chi connectivity index (χ4n) is 4.21. The first kappa shape index (κ1) is 30.5. The summed E-state index contributed by atoms with van der Waals surface area (Å²) in [5.41, 5.74) is -5.33. The van der Waals surface area contributed by atoms with E-state index in [9.17, 15) is 49.8 Å². The smallest absolute Gasteiger partial charge is 0.381 e. The zero-order valence-electron chi connectivity index (χ0n) is 21.3. The molecule has 4 rings (SSSR count). The number of rotatable bonds is 8. The van der Waals surface area contributed by atoms with Crippen LogP contribution in [0.25, 0.3) is 22.2 Å². The summed E-state index contributed by atoms with van der Waals surface area (Å²) in [6.07, 6.45) is -11.6. The van der Waals surface area contributed by atoms with E-state index in [1.807, 2.05) is 0 Å². The normalized spacial score (nSPS) is 14.5. The lowest BCUT2D eigenvalue weighted by atomic mass is 10.1. The van der Waals surface area contributed by atoms with Gasteiger partial charge in [0.2, 0.25) is 0 Å². The zero-order chi connectivity index (χ0) is 31.0. The Morgan fingerprint density at radius 2 is 1.74 bits per heavy atom. The number of aromatic nitrogens is 5. The maximum Gasteiger partial charge on any atom is 0.423 e. The highest BCUT2D eigenvalue weighted by Gasteiger charge is 2.40. The number of hydrogen-bond acceptors (Lipinski definition) is 7. The van der Waals surface area contributed by atoms with Gasteiger partial charge in [-0.3, -0.25) is 9.59 Å². The molecule has 0 aliphatic carbocycles. The largest absolute Gasteiger partial charge is 0.423 e. The number of alkyl halides is 7. The van der Waals surface area contributed by atoms with Gasteiger partial charge in [-0.2, -0.15) is 31.4 Å². The summed E-state index contributed by atoms with van der Waals surface area (Å²) in [5.74, 6) is -1.31. The number of nitrogens with zero attached hydrogens (tertiary/aromatic N) is 4. The van der Waals surface area contributed by atoms with Crippen molar-refractivity contribution in [2.75, 3.05) is 5.32 Å². The maximum absolute atomic E-state index is 14.9. The van der Waals surface area contributed by atoms with Crippen LogP contribution in [0.4, 0.5) is 40.8 Å². The summed E-state index contributed by atoms with van der Waals surface area (Å²) in [6, 6.07) is 2.44. The molecule has 3 atom stereocenters. The number of H-pyrrole nitrogens is 1. The Bertz CT molecular complexity index is 1700. The van der Waals surface area contributed by atoms with Crippen LogP contribution in [0.1, 0.15) is 30.6 Å². The number of aliphatic hydroxyl groups excluding tert-OH is 1. The van der Waals surface area contributed by atoms with Crippen molar-refractivity contribution in [1.82, 2.24) is 24.7 Å². The van der Waals surface area contributed by atoms with Crippen molar-refractivity contribution >= 4 is 16.5 Å². The third-order valence-corrected chi connectivity index (χ3v) is 6.15. The second-order valence-corrected chi connectivity index (χ2v) is 9.34. The molecule has 0 aliphatic heterocycles. The minimum Gasteiger partial charge on any atom is -0.381 e. The van der Waals surface area contributed by atoms with Crippen LogP contribution in [0.2, 0.25) is 0 Å².